The van der Waals surface area contributed by atoms with Crippen LogP contribution in [0.4, 0.5) is 0 Å². The number of hydrogen-bond donors (Lipinski definition) is 0. The van der Waals surface area contributed by atoms with Gasteiger partial charge >= 0.3 is 5.97 Å². The summed E-state index contributed by atoms with van der Waals surface area (Å²) in [5, 5.41) is 0.224. The molecule has 0 saturated carbocycles. The molecular formula is C16H17NO4S. The van der Waals surface area contributed by atoms with Gasteiger partial charge in [-0.25, -0.2) is 4.79 Å². The molecule has 1 fully saturated rings. The molecule has 0 aliphatic carbocycles. The van der Waals surface area contributed by atoms with Crippen LogP contribution in [0.15, 0.2) is 42.1 Å². The maximum absolute atomic E-state index is 12.4. The van der Waals surface area contributed by atoms with Gasteiger partial charge in [-0.15, -0.1) is 11.8 Å². The smallest absolute Gasteiger partial charge is 0.357 e. The second kappa shape index (κ2) is 6.14. The lowest BCUT2D eigenvalue weighted by Crippen LogP contribution is -2.54. The number of amides is 1. The van der Waals surface area contributed by atoms with Crippen molar-refractivity contribution < 1.29 is 19.1 Å². The molecule has 0 radical (unpaired) electrons. The number of nitrogens with zero attached hydrogens (tertiary/aromatic N) is 1. The number of ether oxygens (including phenoxy) is 2. The summed E-state index contributed by atoms with van der Waals surface area (Å²) in [5.41, 5.74) is 1.08. The van der Waals surface area contributed by atoms with E-state index in [0.717, 1.165) is 5.56 Å². The molecule has 3 atom stereocenters. The predicted octanol–water partition coefficient (Wildman–Crippen LogP) is 2.45. The predicted molar refractivity (Wildman–Crippen MR) is 82.7 cm³/mol. The number of thioether (sulfide) groups is 1. The molecule has 1 saturated heterocycles. The number of rotatable bonds is 4. The molecule has 2 aliphatic heterocycles. The number of benzene rings is 1. The van der Waals surface area contributed by atoms with Crippen molar-refractivity contribution in [3.63, 3.8) is 0 Å². The second-order valence-electron chi connectivity index (χ2n) is 5.20. The van der Waals surface area contributed by atoms with Crippen molar-refractivity contribution in [2.24, 2.45) is 0 Å². The molecule has 1 aromatic rings. The first kappa shape index (κ1) is 15.1. The zero-order chi connectivity index (χ0) is 15.7. The highest BCUT2D eigenvalue weighted by molar-refractivity contribution is 8.00. The van der Waals surface area contributed by atoms with Gasteiger partial charge in [-0.05, 0) is 13.0 Å². The Labute approximate surface area is 133 Å². The molecule has 1 aromatic carbocycles. The number of carbonyl (C=O) groups excluding carboxylic acids is 2. The summed E-state index contributed by atoms with van der Waals surface area (Å²) in [6, 6.07) is 9.23. The van der Waals surface area contributed by atoms with Gasteiger partial charge in [-0.2, -0.15) is 0 Å². The van der Waals surface area contributed by atoms with Gasteiger partial charge in [-0.3, -0.25) is 9.69 Å². The molecule has 5 nitrogen and oxygen atoms in total. The number of carbonyl (C=O) groups is 2. The summed E-state index contributed by atoms with van der Waals surface area (Å²) >= 11 is 1.67. The van der Waals surface area contributed by atoms with Crippen molar-refractivity contribution in [1.29, 1.82) is 0 Å². The van der Waals surface area contributed by atoms with E-state index in [1.807, 2.05) is 37.3 Å². The molecule has 0 aromatic heterocycles. The van der Waals surface area contributed by atoms with Crippen LogP contribution in [-0.4, -0.2) is 34.5 Å². The first-order chi connectivity index (χ1) is 10.6. The van der Waals surface area contributed by atoms with Gasteiger partial charge in [-0.1, -0.05) is 30.3 Å². The molecular weight excluding hydrogens is 302 g/mol. The highest BCUT2D eigenvalue weighted by Gasteiger charge is 2.45. The Hall–Kier alpha value is -1.79. The minimum Gasteiger partial charge on any atom is -0.427 e. The Morgan fingerprint density at radius 1 is 1.36 bits per heavy atom. The lowest BCUT2D eigenvalue weighted by molar-refractivity contribution is -0.174. The molecule has 0 bridgehead atoms. The molecule has 2 heterocycles. The summed E-state index contributed by atoms with van der Waals surface area (Å²) in [4.78, 5) is 25.7. The first-order valence-corrected chi connectivity index (χ1v) is 8.02. The van der Waals surface area contributed by atoms with Crippen LogP contribution in [0.2, 0.25) is 0 Å². The van der Waals surface area contributed by atoms with E-state index in [9.17, 15) is 9.59 Å². The highest BCUT2D eigenvalue weighted by Crippen LogP contribution is 2.40. The van der Waals surface area contributed by atoms with Crippen LogP contribution < -0.4 is 0 Å². The van der Waals surface area contributed by atoms with Gasteiger partial charge in [0.1, 0.15) is 5.70 Å². The van der Waals surface area contributed by atoms with E-state index >= 15 is 0 Å². The van der Waals surface area contributed by atoms with Crippen LogP contribution in [0.25, 0.3) is 0 Å². The van der Waals surface area contributed by atoms with E-state index < -0.39 is 12.3 Å². The lowest BCUT2D eigenvalue weighted by Gasteiger charge is -2.44. The van der Waals surface area contributed by atoms with Crippen molar-refractivity contribution in [3.8, 4) is 0 Å². The SMILES string of the molecule is COC(OC(=O)C1=CC(C)S[C@@H]2CC(=O)N12)c1ccccc1. The number of fused-ring (bicyclic) bond motifs is 1. The third-order valence-electron chi connectivity index (χ3n) is 3.64. The molecule has 116 valence electrons. The maximum atomic E-state index is 12.4. The van der Waals surface area contributed by atoms with Crippen molar-refractivity contribution >= 4 is 23.6 Å². The molecule has 2 unspecified atom stereocenters. The van der Waals surface area contributed by atoms with E-state index in [0.29, 0.717) is 12.1 Å². The second-order valence-corrected chi connectivity index (χ2v) is 6.76. The van der Waals surface area contributed by atoms with Crippen molar-refractivity contribution in [2.75, 3.05) is 7.11 Å². The normalized spacial score (nSPS) is 24.9. The van der Waals surface area contributed by atoms with Gasteiger partial charge in [0.25, 0.3) is 0 Å². The third kappa shape index (κ3) is 2.76. The zero-order valence-corrected chi connectivity index (χ0v) is 13.2. The molecule has 22 heavy (non-hydrogen) atoms. The van der Waals surface area contributed by atoms with Crippen LogP contribution in [0, 0.1) is 0 Å². The molecule has 3 rings (SSSR count). The summed E-state index contributed by atoms with van der Waals surface area (Å²) in [5.74, 6) is -0.567. The van der Waals surface area contributed by atoms with Crippen molar-refractivity contribution in [3.05, 3.63) is 47.7 Å². The Balaban J connectivity index is 1.77. The fraction of sp³-hybridized carbons (Fsp3) is 0.375. The van der Waals surface area contributed by atoms with Crippen LogP contribution in [0.1, 0.15) is 25.2 Å². The number of methoxy groups -OCH3 is 1. The van der Waals surface area contributed by atoms with E-state index in [4.69, 9.17) is 9.47 Å². The highest BCUT2D eigenvalue weighted by atomic mass is 32.2. The third-order valence-corrected chi connectivity index (χ3v) is 4.90. The summed E-state index contributed by atoms with van der Waals surface area (Å²) < 4.78 is 10.7. The van der Waals surface area contributed by atoms with E-state index in [1.165, 1.54) is 12.0 Å². The minimum atomic E-state index is -0.783. The largest absolute Gasteiger partial charge is 0.427 e. The monoisotopic (exact) mass is 319 g/mol. The Kier molecular flexibility index (Phi) is 4.22. The van der Waals surface area contributed by atoms with Gasteiger partial charge in [0.05, 0.1) is 11.8 Å². The lowest BCUT2D eigenvalue weighted by atomic mass is 10.1. The number of β-lactam (4-membered cyclic amide) rings is 1. The van der Waals surface area contributed by atoms with Crippen molar-refractivity contribution in [2.45, 2.75) is 30.3 Å². The Morgan fingerprint density at radius 3 is 2.73 bits per heavy atom. The molecule has 1 amide bonds. The quantitative estimate of drug-likeness (QED) is 0.485. The average Bonchev–Trinajstić information content (AvgIpc) is 2.51. The van der Waals surface area contributed by atoms with E-state index in [2.05, 4.69) is 0 Å². The Morgan fingerprint density at radius 2 is 2.09 bits per heavy atom. The van der Waals surface area contributed by atoms with Crippen LogP contribution in [0.3, 0.4) is 0 Å². The number of hydrogen-bond acceptors (Lipinski definition) is 5. The summed E-state index contributed by atoms with van der Waals surface area (Å²) in [7, 11) is 1.48. The van der Waals surface area contributed by atoms with Gasteiger partial charge in [0.2, 0.25) is 12.2 Å². The molecule has 6 heteroatoms. The Bertz CT molecular complexity index is 616. The van der Waals surface area contributed by atoms with E-state index in [-0.39, 0.29) is 16.5 Å². The van der Waals surface area contributed by atoms with Gasteiger partial charge in [0.15, 0.2) is 0 Å². The zero-order valence-electron chi connectivity index (χ0n) is 12.4. The van der Waals surface area contributed by atoms with Crippen molar-refractivity contribution in [1.82, 2.24) is 4.90 Å². The van der Waals surface area contributed by atoms with Gasteiger partial charge in [0, 0.05) is 17.9 Å². The summed E-state index contributed by atoms with van der Waals surface area (Å²) in [6.07, 6.45) is 1.47. The minimum absolute atomic E-state index is 0.0405. The first-order valence-electron chi connectivity index (χ1n) is 7.08. The fourth-order valence-electron chi connectivity index (χ4n) is 2.56. The van der Waals surface area contributed by atoms with Gasteiger partial charge < -0.3 is 9.47 Å². The van der Waals surface area contributed by atoms with E-state index in [1.54, 1.807) is 17.8 Å². The molecule has 0 N–H and O–H groups in total. The topological polar surface area (TPSA) is 55.8 Å². The average molecular weight is 319 g/mol. The van der Waals surface area contributed by atoms with Crippen LogP contribution in [0.5, 0.6) is 0 Å². The molecule has 2 aliphatic rings. The van der Waals surface area contributed by atoms with Crippen LogP contribution >= 0.6 is 11.8 Å². The molecule has 0 spiro atoms. The van der Waals surface area contributed by atoms with Crippen LogP contribution in [-0.2, 0) is 19.1 Å². The standard InChI is InChI=1S/C16H17NO4S/c1-10-8-12(17-13(18)9-14(17)22-10)15(19)21-16(20-2)11-6-4-3-5-7-11/h3-8,10,14,16H,9H2,1-2H3/t10?,14-,16?/m1/s1. The maximum Gasteiger partial charge on any atom is 0.357 e. The fourth-order valence-corrected chi connectivity index (χ4v) is 3.86. The number of esters is 1. The summed E-state index contributed by atoms with van der Waals surface area (Å²) in [6.45, 7) is 2.00.